The Morgan fingerprint density at radius 1 is 1.36 bits per heavy atom. The van der Waals surface area contributed by atoms with Gasteiger partial charge in [-0.25, -0.2) is 0 Å². The third-order valence-electron chi connectivity index (χ3n) is 4.51. The summed E-state index contributed by atoms with van der Waals surface area (Å²) >= 11 is 0. The zero-order chi connectivity index (χ0) is 15.7. The van der Waals surface area contributed by atoms with E-state index < -0.39 is 0 Å². The molecular formula is C18H22N2O2. The second-order valence-electron chi connectivity index (χ2n) is 6.14. The molecule has 0 spiro atoms. The monoisotopic (exact) mass is 298 g/mol. The number of carbonyl (C=O) groups is 1. The first-order chi connectivity index (χ1) is 10.6. The summed E-state index contributed by atoms with van der Waals surface area (Å²) in [4.78, 5) is 14.8. The van der Waals surface area contributed by atoms with Gasteiger partial charge in [-0.1, -0.05) is 35.0 Å². The van der Waals surface area contributed by atoms with Crippen LogP contribution in [0.2, 0.25) is 0 Å². The van der Waals surface area contributed by atoms with Crippen LogP contribution in [0.1, 0.15) is 47.0 Å². The summed E-state index contributed by atoms with van der Waals surface area (Å²) in [5, 5.41) is 3.94. The zero-order valence-corrected chi connectivity index (χ0v) is 13.4. The Morgan fingerprint density at radius 2 is 2.18 bits per heavy atom. The molecule has 1 aromatic carbocycles. The molecule has 0 bridgehead atoms. The molecule has 1 aliphatic rings. The lowest BCUT2D eigenvalue weighted by Gasteiger charge is -2.25. The van der Waals surface area contributed by atoms with Crippen LogP contribution >= 0.6 is 0 Å². The average Bonchev–Trinajstić information content (AvgIpc) is 3.09. The number of rotatable bonds is 3. The molecule has 116 valence electrons. The lowest BCUT2D eigenvalue weighted by atomic mass is 10.0. The normalized spacial score (nSPS) is 18.0. The molecule has 2 aromatic rings. The minimum Gasteiger partial charge on any atom is -0.361 e. The van der Waals surface area contributed by atoms with Gasteiger partial charge in [0.1, 0.15) is 5.76 Å². The number of amides is 1. The highest BCUT2D eigenvalue weighted by molar-refractivity contribution is 5.80. The van der Waals surface area contributed by atoms with Gasteiger partial charge in [0.2, 0.25) is 5.91 Å². The van der Waals surface area contributed by atoms with Crippen molar-refractivity contribution in [2.75, 3.05) is 6.54 Å². The fourth-order valence-electron chi connectivity index (χ4n) is 3.30. The molecule has 2 heterocycles. The zero-order valence-electron chi connectivity index (χ0n) is 13.4. The Hall–Kier alpha value is -2.10. The number of aryl methyl sites for hydroxylation is 3. The van der Waals surface area contributed by atoms with E-state index in [9.17, 15) is 4.79 Å². The van der Waals surface area contributed by atoms with E-state index in [0.717, 1.165) is 36.4 Å². The summed E-state index contributed by atoms with van der Waals surface area (Å²) in [6.45, 7) is 6.68. The van der Waals surface area contributed by atoms with Crippen molar-refractivity contribution in [2.45, 2.75) is 46.1 Å². The van der Waals surface area contributed by atoms with Crippen molar-refractivity contribution < 1.29 is 9.32 Å². The minimum atomic E-state index is 0.165. The van der Waals surface area contributed by atoms with Crippen LogP contribution in [0, 0.1) is 20.8 Å². The van der Waals surface area contributed by atoms with E-state index in [1.54, 1.807) is 0 Å². The number of likely N-dealkylation sites (tertiary alicyclic amines) is 1. The summed E-state index contributed by atoms with van der Waals surface area (Å²) in [6.07, 6.45) is 2.48. The molecule has 4 nitrogen and oxygen atoms in total. The standard InChI is InChI=1S/C18H22N2O2/c1-12-6-4-7-15(10-12)17-8-5-9-20(17)18(21)11-16-13(2)19-22-14(16)3/h4,6-7,10,17H,5,8-9,11H2,1-3H3. The van der Waals surface area contributed by atoms with Crippen LogP contribution in [0.5, 0.6) is 0 Å². The van der Waals surface area contributed by atoms with Crippen LogP contribution in [0.4, 0.5) is 0 Å². The fraction of sp³-hybridized carbons (Fsp3) is 0.444. The highest BCUT2D eigenvalue weighted by atomic mass is 16.5. The maximum Gasteiger partial charge on any atom is 0.227 e. The predicted molar refractivity (Wildman–Crippen MR) is 84.5 cm³/mol. The number of aromatic nitrogens is 1. The average molecular weight is 298 g/mol. The Kier molecular flexibility index (Phi) is 4.01. The van der Waals surface area contributed by atoms with Gasteiger partial charge in [-0.2, -0.15) is 0 Å². The quantitative estimate of drug-likeness (QED) is 0.871. The molecule has 1 fully saturated rings. The van der Waals surface area contributed by atoms with Crippen molar-refractivity contribution in [3.05, 3.63) is 52.4 Å². The van der Waals surface area contributed by atoms with Gasteiger partial charge in [0.25, 0.3) is 0 Å². The van der Waals surface area contributed by atoms with Gasteiger partial charge >= 0.3 is 0 Å². The van der Waals surface area contributed by atoms with Crippen LogP contribution in [0.3, 0.4) is 0 Å². The Bertz CT molecular complexity index is 671. The molecule has 1 unspecified atom stereocenters. The highest BCUT2D eigenvalue weighted by Gasteiger charge is 2.30. The number of benzene rings is 1. The van der Waals surface area contributed by atoms with Gasteiger partial charge in [0, 0.05) is 12.1 Å². The van der Waals surface area contributed by atoms with E-state index in [-0.39, 0.29) is 11.9 Å². The second kappa shape index (κ2) is 5.95. The summed E-state index contributed by atoms with van der Waals surface area (Å²) < 4.78 is 5.17. The van der Waals surface area contributed by atoms with Crippen LogP contribution in [0.15, 0.2) is 28.8 Å². The van der Waals surface area contributed by atoms with Crippen molar-refractivity contribution in [2.24, 2.45) is 0 Å². The summed E-state index contributed by atoms with van der Waals surface area (Å²) in [5.74, 6) is 0.913. The van der Waals surface area contributed by atoms with E-state index in [0.29, 0.717) is 6.42 Å². The minimum absolute atomic E-state index is 0.165. The lowest BCUT2D eigenvalue weighted by Crippen LogP contribution is -2.32. The second-order valence-corrected chi connectivity index (χ2v) is 6.14. The number of hydrogen-bond acceptors (Lipinski definition) is 3. The van der Waals surface area contributed by atoms with E-state index >= 15 is 0 Å². The van der Waals surface area contributed by atoms with Crippen molar-refractivity contribution in [1.29, 1.82) is 0 Å². The third-order valence-corrected chi connectivity index (χ3v) is 4.51. The van der Waals surface area contributed by atoms with Gasteiger partial charge in [0.05, 0.1) is 18.2 Å². The van der Waals surface area contributed by atoms with E-state index in [4.69, 9.17) is 4.52 Å². The molecule has 1 saturated heterocycles. The van der Waals surface area contributed by atoms with Gasteiger partial charge in [-0.15, -0.1) is 0 Å². The molecule has 1 aromatic heterocycles. The third kappa shape index (κ3) is 2.78. The number of nitrogens with zero attached hydrogens (tertiary/aromatic N) is 2. The smallest absolute Gasteiger partial charge is 0.227 e. The van der Waals surface area contributed by atoms with E-state index in [1.165, 1.54) is 11.1 Å². The number of hydrogen-bond donors (Lipinski definition) is 0. The Labute approximate surface area is 131 Å². The molecule has 0 N–H and O–H groups in total. The van der Waals surface area contributed by atoms with E-state index in [1.807, 2.05) is 18.7 Å². The summed E-state index contributed by atoms with van der Waals surface area (Å²) in [5.41, 5.74) is 4.23. The summed E-state index contributed by atoms with van der Waals surface area (Å²) in [6, 6.07) is 8.67. The number of carbonyl (C=O) groups excluding carboxylic acids is 1. The van der Waals surface area contributed by atoms with Crippen LogP contribution in [-0.2, 0) is 11.2 Å². The summed E-state index contributed by atoms with van der Waals surface area (Å²) in [7, 11) is 0. The lowest BCUT2D eigenvalue weighted by molar-refractivity contribution is -0.131. The van der Waals surface area contributed by atoms with Crippen molar-refractivity contribution in [3.8, 4) is 0 Å². The SMILES string of the molecule is Cc1cccc(C2CCCN2C(=O)Cc2c(C)noc2C)c1. The maximum atomic E-state index is 12.7. The molecule has 22 heavy (non-hydrogen) atoms. The Morgan fingerprint density at radius 3 is 2.86 bits per heavy atom. The van der Waals surface area contributed by atoms with Gasteiger partial charge in [-0.05, 0) is 39.2 Å². The molecule has 3 rings (SSSR count). The predicted octanol–water partition coefficient (Wildman–Crippen LogP) is 3.51. The first kappa shape index (κ1) is 14.8. The fourth-order valence-corrected chi connectivity index (χ4v) is 3.30. The Balaban J connectivity index is 1.80. The maximum absolute atomic E-state index is 12.7. The van der Waals surface area contributed by atoms with Crippen molar-refractivity contribution >= 4 is 5.91 Å². The van der Waals surface area contributed by atoms with Crippen molar-refractivity contribution in [1.82, 2.24) is 10.1 Å². The highest BCUT2D eigenvalue weighted by Crippen LogP contribution is 2.33. The van der Waals surface area contributed by atoms with Crippen LogP contribution in [-0.4, -0.2) is 22.5 Å². The largest absolute Gasteiger partial charge is 0.361 e. The molecule has 4 heteroatoms. The molecular weight excluding hydrogens is 276 g/mol. The van der Waals surface area contributed by atoms with Crippen molar-refractivity contribution in [3.63, 3.8) is 0 Å². The molecule has 1 atom stereocenters. The molecule has 1 amide bonds. The molecule has 0 aliphatic carbocycles. The van der Waals surface area contributed by atoms with Crippen LogP contribution in [0.25, 0.3) is 0 Å². The van der Waals surface area contributed by atoms with Gasteiger partial charge in [0.15, 0.2) is 0 Å². The van der Waals surface area contributed by atoms with Gasteiger partial charge in [-0.3, -0.25) is 4.79 Å². The van der Waals surface area contributed by atoms with Crippen LogP contribution < -0.4 is 0 Å². The first-order valence-electron chi connectivity index (χ1n) is 7.84. The van der Waals surface area contributed by atoms with E-state index in [2.05, 4.69) is 36.3 Å². The molecule has 1 aliphatic heterocycles. The molecule has 0 radical (unpaired) electrons. The topological polar surface area (TPSA) is 46.3 Å². The van der Waals surface area contributed by atoms with Gasteiger partial charge < -0.3 is 9.42 Å². The first-order valence-corrected chi connectivity index (χ1v) is 7.84. The molecule has 0 saturated carbocycles.